The Labute approximate surface area is 147 Å². The van der Waals surface area contributed by atoms with E-state index in [1.54, 1.807) is 12.1 Å². The molecule has 1 fully saturated rings. The van der Waals surface area contributed by atoms with Gasteiger partial charge in [-0.15, -0.1) is 11.8 Å². The number of hydrogen-bond donors (Lipinski definition) is 1. The standard InChI is InChI=1S/C17H15BrN2O2S/c1-10-8-11(18)6-7-13(10)20-16(21)9-15(17(20)22)23-14-5-3-2-4-12(14)19/h2-8,15H,9,19H2,1H3/t15-/m0/s1. The molecule has 0 bridgehead atoms. The van der Waals surface area contributed by atoms with E-state index in [9.17, 15) is 9.59 Å². The number of carbonyl (C=O) groups is 2. The topological polar surface area (TPSA) is 63.4 Å². The van der Waals surface area contributed by atoms with Gasteiger partial charge in [0.1, 0.15) is 0 Å². The molecule has 0 spiro atoms. The highest BCUT2D eigenvalue weighted by Crippen LogP contribution is 2.37. The Morgan fingerprint density at radius 2 is 1.96 bits per heavy atom. The summed E-state index contributed by atoms with van der Waals surface area (Å²) in [6, 6.07) is 12.9. The number of thioether (sulfide) groups is 1. The van der Waals surface area contributed by atoms with Crippen molar-refractivity contribution >= 4 is 50.9 Å². The smallest absolute Gasteiger partial charge is 0.247 e. The number of nitrogen functional groups attached to an aromatic ring is 1. The molecule has 0 unspecified atom stereocenters. The van der Waals surface area contributed by atoms with E-state index in [1.165, 1.54) is 16.7 Å². The third-order valence-corrected chi connectivity index (χ3v) is 5.47. The number of nitrogens with two attached hydrogens (primary N) is 1. The summed E-state index contributed by atoms with van der Waals surface area (Å²) in [6.45, 7) is 1.89. The molecule has 1 aliphatic rings. The molecule has 2 N–H and O–H groups in total. The number of nitrogens with zero attached hydrogens (tertiary/aromatic N) is 1. The van der Waals surface area contributed by atoms with Gasteiger partial charge in [-0.3, -0.25) is 9.59 Å². The van der Waals surface area contributed by atoms with E-state index in [1.807, 2.05) is 37.3 Å². The fourth-order valence-corrected chi connectivity index (χ4v) is 4.14. The molecular formula is C17H15BrN2O2S. The molecule has 2 amide bonds. The van der Waals surface area contributed by atoms with Crippen molar-refractivity contribution in [3.8, 4) is 0 Å². The van der Waals surface area contributed by atoms with Crippen LogP contribution in [0.15, 0.2) is 51.8 Å². The molecule has 0 radical (unpaired) electrons. The summed E-state index contributed by atoms with van der Waals surface area (Å²) in [4.78, 5) is 27.2. The number of para-hydroxylation sites is 1. The van der Waals surface area contributed by atoms with Crippen molar-refractivity contribution in [2.45, 2.75) is 23.5 Å². The third kappa shape index (κ3) is 3.14. The van der Waals surface area contributed by atoms with Gasteiger partial charge in [-0.1, -0.05) is 28.1 Å². The Morgan fingerprint density at radius 1 is 1.22 bits per heavy atom. The number of amides is 2. The molecule has 23 heavy (non-hydrogen) atoms. The Morgan fingerprint density at radius 3 is 2.65 bits per heavy atom. The van der Waals surface area contributed by atoms with E-state index in [0.29, 0.717) is 11.4 Å². The summed E-state index contributed by atoms with van der Waals surface area (Å²) in [7, 11) is 0. The second-order valence-electron chi connectivity index (χ2n) is 5.35. The first-order chi connectivity index (χ1) is 11.0. The summed E-state index contributed by atoms with van der Waals surface area (Å²) < 4.78 is 0.917. The van der Waals surface area contributed by atoms with E-state index in [2.05, 4.69) is 15.9 Å². The molecular weight excluding hydrogens is 376 g/mol. The quantitative estimate of drug-likeness (QED) is 0.639. The van der Waals surface area contributed by atoms with Crippen molar-refractivity contribution in [1.82, 2.24) is 0 Å². The molecule has 6 heteroatoms. The lowest BCUT2D eigenvalue weighted by Gasteiger charge is -2.17. The lowest BCUT2D eigenvalue weighted by Crippen LogP contribution is -2.31. The second kappa shape index (κ2) is 6.37. The maximum Gasteiger partial charge on any atom is 0.247 e. The average Bonchev–Trinajstić information content (AvgIpc) is 2.77. The summed E-state index contributed by atoms with van der Waals surface area (Å²) in [6.07, 6.45) is 0.188. The zero-order chi connectivity index (χ0) is 16.6. The van der Waals surface area contributed by atoms with E-state index >= 15 is 0 Å². The Kier molecular flexibility index (Phi) is 4.46. The van der Waals surface area contributed by atoms with Gasteiger partial charge in [0.15, 0.2) is 0 Å². The first kappa shape index (κ1) is 16.1. The van der Waals surface area contributed by atoms with Crippen molar-refractivity contribution < 1.29 is 9.59 Å². The van der Waals surface area contributed by atoms with Crippen LogP contribution in [0.1, 0.15) is 12.0 Å². The molecule has 0 aliphatic carbocycles. The number of benzene rings is 2. The van der Waals surface area contributed by atoms with Crippen molar-refractivity contribution in [3.05, 3.63) is 52.5 Å². The number of anilines is 2. The van der Waals surface area contributed by atoms with Crippen LogP contribution in [0.4, 0.5) is 11.4 Å². The monoisotopic (exact) mass is 390 g/mol. The first-order valence-corrected chi connectivity index (χ1v) is 8.79. The van der Waals surface area contributed by atoms with Gasteiger partial charge < -0.3 is 5.73 Å². The van der Waals surface area contributed by atoms with Crippen LogP contribution >= 0.6 is 27.7 Å². The maximum atomic E-state index is 12.7. The van der Waals surface area contributed by atoms with Crippen molar-refractivity contribution in [2.75, 3.05) is 10.6 Å². The van der Waals surface area contributed by atoms with Gasteiger partial charge in [0.2, 0.25) is 11.8 Å². The molecule has 2 aromatic carbocycles. The van der Waals surface area contributed by atoms with Crippen LogP contribution in [-0.4, -0.2) is 17.1 Å². The minimum atomic E-state index is -0.435. The van der Waals surface area contributed by atoms with Crippen molar-refractivity contribution in [1.29, 1.82) is 0 Å². The molecule has 4 nitrogen and oxygen atoms in total. The van der Waals surface area contributed by atoms with Gasteiger partial charge >= 0.3 is 0 Å². The highest BCUT2D eigenvalue weighted by molar-refractivity contribution is 9.10. The Bertz CT molecular complexity index is 794. The first-order valence-electron chi connectivity index (χ1n) is 7.11. The van der Waals surface area contributed by atoms with Crippen LogP contribution in [0.5, 0.6) is 0 Å². The van der Waals surface area contributed by atoms with Gasteiger partial charge in [0, 0.05) is 21.5 Å². The SMILES string of the molecule is Cc1cc(Br)ccc1N1C(=O)C[C@H](Sc2ccccc2N)C1=O. The fourth-order valence-electron chi connectivity index (χ4n) is 2.56. The van der Waals surface area contributed by atoms with Crippen molar-refractivity contribution in [2.24, 2.45) is 0 Å². The van der Waals surface area contributed by atoms with E-state index in [4.69, 9.17) is 5.73 Å². The van der Waals surface area contributed by atoms with Crippen LogP contribution in [0.2, 0.25) is 0 Å². The molecule has 1 aliphatic heterocycles. The van der Waals surface area contributed by atoms with Gasteiger partial charge in [-0.2, -0.15) is 0 Å². The van der Waals surface area contributed by atoms with Crippen molar-refractivity contribution in [3.63, 3.8) is 0 Å². The predicted octanol–water partition coefficient (Wildman–Crippen LogP) is 3.76. The average molecular weight is 391 g/mol. The number of carbonyl (C=O) groups excluding carboxylic acids is 2. The second-order valence-corrected chi connectivity index (χ2v) is 7.51. The number of imide groups is 1. The van der Waals surface area contributed by atoms with Gasteiger partial charge in [0.25, 0.3) is 0 Å². The molecule has 118 valence electrons. The lowest BCUT2D eigenvalue weighted by molar-refractivity contribution is -0.121. The van der Waals surface area contributed by atoms with Gasteiger partial charge in [-0.25, -0.2) is 4.90 Å². The molecule has 2 aromatic rings. The summed E-state index contributed by atoms with van der Waals surface area (Å²) in [5, 5.41) is -0.435. The van der Waals surface area contributed by atoms with Crippen LogP contribution in [-0.2, 0) is 9.59 Å². The minimum absolute atomic E-state index is 0.174. The highest BCUT2D eigenvalue weighted by Gasteiger charge is 2.40. The largest absolute Gasteiger partial charge is 0.398 e. The lowest BCUT2D eigenvalue weighted by atomic mass is 10.2. The zero-order valence-electron chi connectivity index (χ0n) is 12.5. The predicted molar refractivity (Wildman–Crippen MR) is 96.5 cm³/mol. The fraction of sp³-hybridized carbons (Fsp3) is 0.176. The number of rotatable bonds is 3. The number of aryl methyl sites for hydroxylation is 1. The normalized spacial score (nSPS) is 17.8. The van der Waals surface area contributed by atoms with Crippen LogP contribution < -0.4 is 10.6 Å². The van der Waals surface area contributed by atoms with Gasteiger partial charge in [0.05, 0.1) is 10.9 Å². The number of halogens is 1. The zero-order valence-corrected chi connectivity index (χ0v) is 14.9. The molecule has 0 aromatic heterocycles. The van der Waals surface area contributed by atoms with Gasteiger partial charge in [-0.05, 0) is 42.8 Å². The van der Waals surface area contributed by atoms with E-state index in [0.717, 1.165) is 14.9 Å². The minimum Gasteiger partial charge on any atom is -0.398 e. The van der Waals surface area contributed by atoms with E-state index < -0.39 is 5.25 Å². The molecule has 1 saturated heterocycles. The summed E-state index contributed by atoms with van der Waals surface area (Å²) in [5.74, 6) is -0.360. The highest BCUT2D eigenvalue weighted by atomic mass is 79.9. The Balaban J connectivity index is 1.87. The van der Waals surface area contributed by atoms with Crippen LogP contribution in [0, 0.1) is 6.92 Å². The van der Waals surface area contributed by atoms with Crippen LogP contribution in [0.3, 0.4) is 0 Å². The molecule has 3 rings (SSSR count). The number of hydrogen-bond acceptors (Lipinski definition) is 4. The molecule has 0 saturated carbocycles. The molecule has 1 heterocycles. The maximum absolute atomic E-state index is 12.7. The summed E-state index contributed by atoms with van der Waals surface area (Å²) >= 11 is 4.74. The van der Waals surface area contributed by atoms with Crippen LogP contribution in [0.25, 0.3) is 0 Å². The van der Waals surface area contributed by atoms with E-state index in [-0.39, 0.29) is 18.2 Å². The third-order valence-electron chi connectivity index (χ3n) is 3.69. The summed E-state index contributed by atoms with van der Waals surface area (Å²) in [5.41, 5.74) is 8.08. The Hall–Kier alpha value is -1.79. The molecule has 1 atom stereocenters.